The molecule has 1 aromatic heterocycles. The first-order chi connectivity index (χ1) is 12.6. The standard InChI is InChI=1S/C21H18ClFO3/c1-12-19(25-11-16-17(22)7-4-8-18(16)23)10-9-14-13-5-2-3-6-15(13)21(24)26-20(12)14/h4,7-10H,2-3,5-6,11H2,1H3. The van der Waals surface area contributed by atoms with Gasteiger partial charge in [-0.3, -0.25) is 0 Å². The van der Waals surface area contributed by atoms with E-state index in [1.807, 2.05) is 19.1 Å². The highest BCUT2D eigenvalue weighted by Crippen LogP contribution is 2.33. The van der Waals surface area contributed by atoms with Crippen LogP contribution in [0.1, 0.15) is 35.1 Å². The fourth-order valence-corrected chi connectivity index (χ4v) is 3.82. The van der Waals surface area contributed by atoms with Gasteiger partial charge in [0.1, 0.15) is 23.8 Å². The molecule has 0 fully saturated rings. The van der Waals surface area contributed by atoms with Gasteiger partial charge in [0.2, 0.25) is 0 Å². The van der Waals surface area contributed by atoms with Crippen molar-refractivity contribution in [2.45, 2.75) is 39.2 Å². The van der Waals surface area contributed by atoms with Crippen LogP contribution in [0, 0.1) is 12.7 Å². The molecule has 2 aromatic carbocycles. The van der Waals surface area contributed by atoms with E-state index in [2.05, 4.69) is 0 Å². The fraction of sp³-hybridized carbons (Fsp3) is 0.286. The summed E-state index contributed by atoms with van der Waals surface area (Å²) in [5.41, 5.74) is 3.22. The van der Waals surface area contributed by atoms with Crippen LogP contribution in [0.25, 0.3) is 11.0 Å². The number of ether oxygens (including phenoxy) is 1. The Labute approximate surface area is 155 Å². The molecule has 0 saturated carbocycles. The van der Waals surface area contributed by atoms with E-state index in [0.717, 1.165) is 47.8 Å². The Balaban J connectivity index is 1.73. The molecule has 0 saturated heterocycles. The molecule has 0 N–H and O–H groups in total. The molecule has 1 aliphatic rings. The number of aryl methyl sites for hydroxylation is 2. The Kier molecular flexibility index (Phi) is 4.45. The van der Waals surface area contributed by atoms with Gasteiger partial charge in [-0.15, -0.1) is 0 Å². The van der Waals surface area contributed by atoms with Crippen LogP contribution in [0.15, 0.2) is 39.5 Å². The first kappa shape index (κ1) is 17.1. The Hall–Kier alpha value is -2.33. The van der Waals surface area contributed by atoms with Gasteiger partial charge in [0.25, 0.3) is 0 Å². The minimum atomic E-state index is -0.406. The number of fused-ring (bicyclic) bond motifs is 3. The monoisotopic (exact) mass is 372 g/mol. The second kappa shape index (κ2) is 6.76. The summed E-state index contributed by atoms with van der Waals surface area (Å²) in [5.74, 6) is 0.146. The van der Waals surface area contributed by atoms with Gasteiger partial charge in [-0.1, -0.05) is 17.7 Å². The quantitative estimate of drug-likeness (QED) is 0.581. The maximum atomic E-state index is 13.9. The first-order valence-corrected chi connectivity index (χ1v) is 9.08. The zero-order valence-electron chi connectivity index (χ0n) is 14.4. The van der Waals surface area contributed by atoms with Crippen LogP contribution in [0.2, 0.25) is 5.02 Å². The van der Waals surface area contributed by atoms with E-state index in [1.165, 1.54) is 6.07 Å². The molecular weight excluding hydrogens is 355 g/mol. The Morgan fingerprint density at radius 2 is 1.92 bits per heavy atom. The molecule has 0 aliphatic heterocycles. The normalized spacial score (nSPS) is 13.7. The van der Waals surface area contributed by atoms with Crippen molar-refractivity contribution in [1.29, 1.82) is 0 Å². The van der Waals surface area contributed by atoms with Gasteiger partial charge in [0.15, 0.2) is 0 Å². The third-order valence-electron chi connectivity index (χ3n) is 5.02. The second-order valence-electron chi connectivity index (χ2n) is 6.61. The summed E-state index contributed by atoms with van der Waals surface area (Å²) in [5, 5.41) is 1.29. The Bertz CT molecular complexity index is 1040. The molecule has 0 amide bonds. The van der Waals surface area contributed by atoms with Gasteiger partial charge in [-0.05, 0) is 62.4 Å². The van der Waals surface area contributed by atoms with E-state index < -0.39 is 5.82 Å². The van der Waals surface area contributed by atoms with Crippen molar-refractivity contribution in [3.63, 3.8) is 0 Å². The van der Waals surface area contributed by atoms with Gasteiger partial charge in [-0.2, -0.15) is 0 Å². The zero-order valence-corrected chi connectivity index (χ0v) is 15.2. The van der Waals surface area contributed by atoms with E-state index >= 15 is 0 Å². The van der Waals surface area contributed by atoms with Gasteiger partial charge in [0.05, 0.1) is 5.02 Å². The molecule has 0 radical (unpaired) electrons. The minimum absolute atomic E-state index is 0.00697. The summed E-state index contributed by atoms with van der Waals surface area (Å²) in [6.45, 7) is 1.85. The maximum Gasteiger partial charge on any atom is 0.339 e. The van der Waals surface area contributed by atoms with Crippen LogP contribution in [-0.2, 0) is 19.4 Å². The minimum Gasteiger partial charge on any atom is -0.488 e. The maximum absolute atomic E-state index is 13.9. The second-order valence-corrected chi connectivity index (χ2v) is 7.02. The molecule has 134 valence electrons. The molecule has 3 nitrogen and oxygen atoms in total. The molecule has 0 unspecified atom stereocenters. The number of hydrogen-bond acceptors (Lipinski definition) is 3. The largest absolute Gasteiger partial charge is 0.488 e. The summed E-state index contributed by atoms with van der Waals surface area (Å²) < 4.78 is 25.3. The van der Waals surface area contributed by atoms with E-state index in [9.17, 15) is 9.18 Å². The summed E-state index contributed by atoms with van der Waals surface area (Å²) >= 11 is 6.05. The van der Waals surface area contributed by atoms with Gasteiger partial charge in [-0.25, -0.2) is 9.18 Å². The molecule has 3 aromatic rings. The average molecular weight is 373 g/mol. The van der Waals surface area contributed by atoms with Gasteiger partial charge < -0.3 is 9.15 Å². The lowest BCUT2D eigenvalue weighted by atomic mass is 9.90. The van der Waals surface area contributed by atoms with Crippen molar-refractivity contribution in [2.24, 2.45) is 0 Å². The smallest absolute Gasteiger partial charge is 0.339 e. The molecule has 5 heteroatoms. The highest BCUT2D eigenvalue weighted by molar-refractivity contribution is 6.31. The summed E-state index contributed by atoms with van der Waals surface area (Å²) in [4.78, 5) is 12.3. The van der Waals surface area contributed by atoms with Crippen molar-refractivity contribution < 1.29 is 13.5 Å². The average Bonchev–Trinajstić information content (AvgIpc) is 2.64. The highest BCUT2D eigenvalue weighted by atomic mass is 35.5. The lowest BCUT2D eigenvalue weighted by Crippen LogP contribution is -2.16. The predicted molar refractivity (Wildman–Crippen MR) is 99.6 cm³/mol. The summed E-state index contributed by atoms with van der Waals surface area (Å²) in [6, 6.07) is 8.31. The van der Waals surface area contributed by atoms with Crippen LogP contribution in [0.4, 0.5) is 4.39 Å². The Morgan fingerprint density at radius 1 is 1.15 bits per heavy atom. The summed E-state index contributed by atoms with van der Waals surface area (Å²) in [7, 11) is 0. The lowest BCUT2D eigenvalue weighted by molar-refractivity contribution is 0.298. The molecule has 1 heterocycles. The molecular formula is C21H18ClFO3. The molecule has 0 atom stereocenters. The topological polar surface area (TPSA) is 39.4 Å². The van der Waals surface area contributed by atoms with Gasteiger partial charge >= 0.3 is 5.63 Å². The number of benzene rings is 2. The zero-order chi connectivity index (χ0) is 18.3. The fourth-order valence-electron chi connectivity index (χ4n) is 3.60. The molecule has 26 heavy (non-hydrogen) atoms. The SMILES string of the molecule is Cc1c(OCc2c(F)cccc2Cl)ccc2c3c(c(=O)oc12)CCCC3. The third kappa shape index (κ3) is 2.88. The number of halogens is 2. The van der Waals surface area contributed by atoms with E-state index in [1.54, 1.807) is 12.1 Å². The third-order valence-corrected chi connectivity index (χ3v) is 5.38. The highest BCUT2D eigenvalue weighted by Gasteiger charge is 2.20. The van der Waals surface area contributed by atoms with E-state index in [0.29, 0.717) is 21.9 Å². The van der Waals surface area contributed by atoms with Crippen LogP contribution in [0.5, 0.6) is 5.75 Å². The van der Waals surface area contributed by atoms with Crippen LogP contribution < -0.4 is 10.4 Å². The number of hydrogen-bond donors (Lipinski definition) is 0. The predicted octanol–water partition coefficient (Wildman–Crippen LogP) is 5.35. The van der Waals surface area contributed by atoms with E-state index in [4.69, 9.17) is 20.8 Å². The van der Waals surface area contributed by atoms with Crippen molar-refractivity contribution in [3.05, 3.63) is 73.8 Å². The molecule has 4 rings (SSSR count). The van der Waals surface area contributed by atoms with Crippen molar-refractivity contribution in [1.82, 2.24) is 0 Å². The van der Waals surface area contributed by atoms with E-state index in [-0.39, 0.29) is 12.2 Å². The molecule has 0 bridgehead atoms. The molecule has 0 spiro atoms. The molecule has 1 aliphatic carbocycles. The van der Waals surface area contributed by atoms with Crippen molar-refractivity contribution in [3.8, 4) is 5.75 Å². The van der Waals surface area contributed by atoms with Crippen molar-refractivity contribution in [2.75, 3.05) is 0 Å². The number of rotatable bonds is 3. The van der Waals surface area contributed by atoms with Crippen molar-refractivity contribution >= 4 is 22.6 Å². The van der Waals surface area contributed by atoms with Crippen LogP contribution in [-0.4, -0.2) is 0 Å². The van der Waals surface area contributed by atoms with Gasteiger partial charge in [0, 0.05) is 22.1 Å². The van der Waals surface area contributed by atoms with Crippen LogP contribution >= 0.6 is 11.6 Å². The first-order valence-electron chi connectivity index (χ1n) is 8.70. The Morgan fingerprint density at radius 3 is 2.69 bits per heavy atom. The summed E-state index contributed by atoms with van der Waals surface area (Å²) in [6.07, 6.45) is 3.76. The lowest BCUT2D eigenvalue weighted by Gasteiger charge is -2.18. The van der Waals surface area contributed by atoms with Crippen LogP contribution in [0.3, 0.4) is 0 Å².